The van der Waals surface area contributed by atoms with Crippen LogP contribution < -0.4 is 19.7 Å². The number of fused-ring (bicyclic) bond motifs is 1. The van der Waals surface area contributed by atoms with Crippen molar-refractivity contribution in [3.63, 3.8) is 0 Å². The molecule has 2 heterocycles. The van der Waals surface area contributed by atoms with E-state index in [9.17, 15) is 4.79 Å². The summed E-state index contributed by atoms with van der Waals surface area (Å²) in [5.41, 5.74) is 4.25. The van der Waals surface area contributed by atoms with Gasteiger partial charge in [0.1, 0.15) is 5.69 Å². The highest BCUT2D eigenvalue weighted by molar-refractivity contribution is 6.05. The normalized spacial score (nSPS) is 12.8. The number of amides is 1. The van der Waals surface area contributed by atoms with Crippen molar-refractivity contribution in [3.8, 4) is 11.5 Å². The summed E-state index contributed by atoms with van der Waals surface area (Å²) in [6.45, 7) is 0.711. The van der Waals surface area contributed by atoms with E-state index in [0.717, 1.165) is 29.9 Å². The van der Waals surface area contributed by atoms with Crippen LogP contribution in [-0.4, -0.2) is 31.7 Å². The van der Waals surface area contributed by atoms with Crippen molar-refractivity contribution >= 4 is 23.0 Å². The van der Waals surface area contributed by atoms with Gasteiger partial charge >= 0.3 is 0 Å². The number of ether oxygens (including phenoxy) is 2. The van der Waals surface area contributed by atoms with Crippen molar-refractivity contribution in [1.29, 1.82) is 0 Å². The number of carbonyl (C=O) groups excluding carboxylic acids is 1. The van der Waals surface area contributed by atoms with Crippen LogP contribution in [0.5, 0.6) is 11.5 Å². The van der Waals surface area contributed by atoms with Crippen LogP contribution >= 0.6 is 0 Å². The Labute approximate surface area is 170 Å². The summed E-state index contributed by atoms with van der Waals surface area (Å²) in [5, 5.41) is 3.27. The Balaban J connectivity index is 1.51. The molecule has 1 N–H and O–H groups in total. The van der Waals surface area contributed by atoms with E-state index in [2.05, 4.69) is 16.4 Å². The second-order valence-corrected chi connectivity index (χ2v) is 6.82. The molecule has 2 aromatic carbocycles. The summed E-state index contributed by atoms with van der Waals surface area (Å²) in [4.78, 5) is 19.2. The van der Waals surface area contributed by atoms with Crippen molar-refractivity contribution < 1.29 is 14.3 Å². The zero-order valence-electron chi connectivity index (χ0n) is 16.5. The van der Waals surface area contributed by atoms with Gasteiger partial charge in [-0.05, 0) is 48.7 Å². The summed E-state index contributed by atoms with van der Waals surface area (Å²) < 4.78 is 10.6. The minimum absolute atomic E-state index is 0.0742. The van der Waals surface area contributed by atoms with Crippen LogP contribution in [0, 0.1) is 0 Å². The number of pyridine rings is 1. The van der Waals surface area contributed by atoms with Crippen molar-refractivity contribution in [3.05, 3.63) is 72.1 Å². The lowest BCUT2D eigenvalue weighted by Gasteiger charge is -2.29. The van der Waals surface area contributed by atoms with E-state index in [0.29, 0.717) is 23.7 Å². The van der Waals surface area contributed by atoms with E-state index in [4.69, 9.17) is 9.47 Å². The maximum absolute atomic E-state index is 13.0. The Bertz CT molecular complexity index is 1020. The second-order valence-electron chi connectivity index (χ2n) is 6.82. The van der Waals surface area contributed by atoms with E-state index in [1.165, 1.54) is 5.56 Å². The third kappa shape index (κ3) is 3.87. The smallest absolute Gasteiger partial charge is 0.276 e. The number of hydrogen-bond donors (Lipinski definition) is 1. The molecule has 0 fully saturated rings. The largest absolute Gasteiger partial charge is 0.493 e. The maximum Gasteiger partial charge on any atom is 0.276 e. The van der Waals surface area contributed by atoms with Gasteiger partial charge in [0.05, 0.1) is 26.1 Å². The van der Waals surface area contributed by atoms with Crippen LogP contribution in [0.3, 0.4) is 0 Å². The van der Waals surface area contributed by atoms with Crippen LogP contribution in [-0.2, 0) is 6.42 Å². The molecule has 0 saturated carbocycles. The van der Waals surface area contributed by atoms with Crippen molar-refractivity contribution in [1.82, 2.24) is 4.98 Å². The highest BCUT2D eigenvalue weighted by atomic mass is 16.5. The first-order chi connectivity index (χ1) is 14.2. The van der Waals surface area contributed by atoms with Crippen molar-refractivity contribution in [2.75, 3.05) is 31.0 Å². The topological polar surface area (TPSA) is 63.7 Å². The van der Waals surface area contributed by atoms with Gasteiger partial charge < -0.3 is 19.7 Å². The molecule has 0 bridgehead atoms. The number of aromatic nitrogens is 1. The highest BCUT2D eigenvalue weighted by Crippen LogP contribution is 2.31. The molecule has 0 spiro atoms. The Morgan fingerprint density at radius 3 is 2.55 bits per heavy atom. The molecule has 1 aliphatic heterocycles. The summed E-state index contributed by atoms with van der Waals surface area (Å²) in [6.07, 6.45) is 3.63. The number of aryl methyl sites for hydroxylation is 1. The molecule has 3 aromatic rings. The number of methoxy groups -OCH3 is 2. The van der Waals surface area contributed by atoms with Crippen LogP contribution in [0.1, 0.15) is 22.5 Å². The van der Waals surface area contributed by atoms with Crippen LogP contribution in [0.25, 0.3) is 0 Å². The monoisotopic (exact) mass is 389 g/mol. The van der Waals surface area contributed by atoms with Gasteiger partial charge in [-0.3, -0.25) is 4.79 Å². The van der Waals surface area contributed by atoms with E-state index >= 15 is 0 Å². The van der Waals surface area contributed by atoms with Gasteiger partial charge in [-0.15, -0.1) is 0 Å². The molecule has 6 nitrogen and oxygen atoms in total. The Kier molecular flexibility index (Phi) is 5.33. The number of carbonyl (C=O) groups is 1. The lowest BCUT2D eigenvalue weighted by Crippen LogP contribution is -2.35. The molecule has 6 heteroatoms. The number of hydrogen-bond acceptors (Lipinski definition) is 5. The van der Waals surface area contributed by atoms with Crippen LogP contribution in [0.4, 0.5) is 17.1 Å². The first-order valence-electron chi connectivity index (χ1n) is 9.54. The zero-order valence-corrected chi connectivity index (χ0v) is 16.5. The molecular weight excluding hydrogens is 366 g/mol. The van der Waals surface area contributed by atoms with Gasteiger partial charge in [0, 0.05) is 24.0 Å². The number of para-hydroxylation sites is 1. The SMILES string of the molecule is COc1ccc(Nc2ccc(C(=O)N3CCCc4ccccc43)nc2)cc1OC. The number of benzene rings is 2. The predicted molar refractivity (Wildman–Crippen MR) is 114 cm³/mol. The minimum Gasteiger partial charge on any atom is -0.493 e. The quantitative estimate of drug-likeness (QED) is 0.699. The average molecular weight is 389 g/mol. The number of nitrogens with zero attached hydrogens (tertiary/aromatic N) is 2. The summed E-state index contributed by atoms with van der Waals surface area (Å²) >= 11 is 0. The molecule has 4 rings (SSSR count). The second kappa shape index (κ2) is 8.22. The molecule has 0 aliphatic carbocycles. The van der Waals surface area contributed by atoms with Gasteiger partial charge in [-0.25, -0.2) is 4.98 Å². The number of nitrogens with one attached hydrogen (secondary N) is 1. The molecule has 0 saturated heterocycles. The molecule has 29 heavy (non-hydrogen) atoms. The van der Waals surface area contributed by atoms with Gasteiger partial charge in [0.15, 0.2) is 11.5 Å². The Morgan fingerprint density at radius 2 is 1.79 bits per heavy atom. The fourth-order valence-electron chi connectivity index (χ4n) is 3.56. The third-order valence-electron chi connectivity index (χ3n) is 5.01. The van der Waals surface area contributed by atoms with E-state index < -0.39 is 0 Å². The van der Waals surface area contributed by atoms with E-state index in [1.54, 1.807) is 26.5 Å². The van der Waals surface area contributed by atoms with Gasteiger partial charge in [0.2, 0.25) is 0 Å². The third-order valence-corrected chi connectivity index (χ3v) is 5.01. The van der Waals surface area contributed by atoms with E-state index in [-0.39, 0.29) is 5.91 Å². The zero-order chi connectivity index (χ0) is 20.2. The maximum atomic E-state index is 13.0. The highest BCUT2D eigenvalue weighted by Gasteiger charge is 2.24. The molecule has 148 valence electrons. The summed E-state index contributed by atoms with van der Waals surface area (Å²) in [5.74, 6) is 1.23. The first-order valence-corrected chi connectivity index (χ1v) is 9.54. The molecular formula is C23H23N3O3. The van der Waals surface area contributed by atoms with Crippen molar-refractivity contribution in [2.45, 2.75) is 12.8 Å². The molecule has 0 unspecified atom stereocenters. The summed E-state index contributed by atoms with van der Waals surface area (Å²) in [6, 6.07) is 17.2. The molecule has 1 aliphatic rings. The lowest BCUT2D eigenvalue weighted by atomic mass is 10.0. The van der Waals surface area contributed by atoms with Crippen LogP contribution in [0.15, 0.2) is 60.8 Å². The van der Waals surface area contributed by atoms with Crippen LogP contribution in [0.2, 0.25) is 0 Å². The Hall–Kier alpha value is -3.54. The standard InChI is InChI=1S/C23H23N3O3/c1-28-21-12-10-17(14-22(21)29-2)25-18-9-11-19(24-15-18)23(27)26-13-5-7-16-6-3-4-8-20(16)26/h3-4,6,8-12,14-15,25H,5,7,13H2,1-2H3. The van der Waals surface area contributed by atoms with Crippen molar-refractivity contribution in [2.24, 2.45) is 0 Å². The van der Waals surface area contributed by atoms with E-state index in [1.807, 2.05) is 47.4 Å². The lowest BCUT2D eigenvalue weighted by molar-refractivity contribution is 0.0980. The summed E-state index contributed by atoms with van der Waals surface area (Å²) in [7, 11) is 3.20. The molecule has 0 atom stereocenters. The predicted octanol–water partition coefficient (Wildman–Crippen LogP) is 4.44. The number of anilines is 3. The van der Waals surface area contributed by atoms with Gasteiger partial charge in [-0.2, -0.15) is 0 Å². The molecule has 1 amide bonds. The van der Waals surface area contributed by atoms with Gasteiger partial charge in [-0.1, -0.05) is 18.2 Å². The fourth-order valence-corrected chi connectivity index (χ4v) is 3.56. The first kappa shape index (κ1) is 18.8. The Morgan fingerprint density at radius 1 is 1.00 bits per heavy atom. The molecule has 0 radical (unpaired) electrons. The number of rotatable bonds is 5. The van der Waals surface area contributed by atoms with Gasteiger partial charge in [0.25, 0.3) is 5.91 Å². The molecule has 1 aromatic heterocycles. The fraction of sp³-hybridized carbons (Fsp3) is 0.217. The minimum atomic E-state index is -0.0742. The average Bonchev–Trinajstić information content (AvgIpc) is 2.78.